The second-order valence-electron chi connectivity index (χ2n) is 2.91. The Kier molecular flexibility index (Phi) is 2.71. The van der Waals surface area contributed by atoms with E-state index in [1.807, 2.05) is 0 Å². The number of alkyl halides is 6. The summed E-state index contributed by atoms with van der Waals surface area (Å²) >= 11 is 0. The molecule has 0 spiro atoms. The molecule has 0 aromatic carbocycles. The van der Waals surface area contributed by atoms with E-state index in [-0.39, 0.29) is 0 Å². The van der Waals surface area contributed by atoms with Crippen LogP contribution >= 0.6 is 0 Å². The highest BCUT2D eigenvalue weighted by Gasteiger charge is 2.66. The van der Waals surface area contributed by atoms with Crippen molar-refractivity contribution >= 4 is 0 Å². The minimum atomic E-state index is -5.53. The van der Waals surface area contributed by atoms with Crippen LogP contribution in [0.5, 0.6) is 0 Å². The Morgan fingerprint density at radius 3 is 1.25 bits per heavy atom. The van der Waals surface area contributed by atoms with Crippen molar-refractivity contribution in [2.45, 2.75) is 31.4 Å². The molecule has 0 aliphatic carbocycles. The normalized spacial score (nSPS) is 19.0. The Bertz CT molecular complexity index is 138. The summed E-state index contributed by atoms with van der Waals surface area (Å²) in [7, 11) is 0. The molecule has 0 fully saturated rings. The first-order chi connectivity index (χ1) is 5.06. The molecule has 0 heterocycles. The van der Waals surface area contributed by atoms with Crippen molar-refractivity contribution < 1.29 is 26.3 Å². The predicted octanol–water partition coefficient (Wildman–Crippen LogP) is 2.97. The van der Waals surface area contributed by atoms with Gasteiger partial charge in [0, 0.05) is 0 Å². The van der Waals surface area contributed by atoms with Crippen LogP contribution in [0.15, 0.2) is 0 Å². The molecule has 1 atom stereocenters. The molecule has 6 heteroatoms. The highest BCUT2D eigenvalue weighted by Crippen LogP contribution is 2.44. The summed E-state index contributed by atoms with van der Waals surface area (Å²) in [6, 6.07) is 0. The van der Waals surface area contributed by atoms with E-state index in [0.29, 0.717) is 13.8 Å². The van der Waals surface area contributed by atoms with E-state index < -0.39 is 24.2 Å². The van der Waals surface area contributed by atoms with E-state index in [1.165, 1.54) is 0 Å². The van der Waals surface area contributed by atoms with Gasteiger partial charge in [-0.15, -0.1) is 0 Å². The molecule has 0 aromatic heterocycles. The van der Waals surface area contributed by atoms with E-state index >= 15 is 0 Å². The van der Waals surface area contributed by atoms with Crippen molar-refractivity contribution in [2.24, 2.45) is 0 Å². The summed E-state index contributed by atoms with van der Waals surface area (Å²) in [4.78, 5) is 0. The lowest BCUT2D eigenvalue weighted by Gasteiger charge is -2.33. The Balaban J connectivity index is 4.95. The Hall–Kier alpha value is -0.420. The van der Waals surface area contributed by atoms with Gasteiger partial charge in [-0.05, 0) is 13.8 Å². The maximum atomic E-state index is 12.7. The Morgan fingerprint density at radius 2 is 1.25 bits per heavy atom. The first-order valence-corrected chi connectivity index (χ1v) is 3.07. The summed E-state index contributed by atoms with van der Waals surface area (Å²) in [5.74, 6) is 0. The summed E-state index contributed by atoms with van der Waals surface area (Å²) < 4.78 is 72.2. The lowest BCUT2D eigenvalue weighted by Crippen LogP contribution is -2.56. The minimum absolute atomic E-state index is 0.347. The van der Waals surface area contributed by atoms with E-state index in [9.17, 15) is 26.3 Å². The molecule has 0 saturated heterocycles. The van der Waals surface area contributed by atoms with E-state index in [4.69, 9.17) is 0 Å². The third-order valence-corrected chi connectivity index (χ3v) is 1.58. The van der Waals surface area contributed by atoms with Gasteiger partial charge in [0.1, 0.15) is 6.67 Å². The largest absolute Gasteiger partial charge is 0.428 e. The molecule has 0 saturated carbocycles. The van der Waals surface area contributed by atoms with Crippen LogP contribution in [0.3, 0.4) is 0 Å². The zero-order valence-corrected chi connectivity index (χ0v) is 6.47. The van der Waals surface area contributed by atoms with E-state index in [0.717, 1.165) is 0 Å². The topological polar surface area (TPSA) is 0 Å². The predicted molar refractivity (Wildman–Crippen MR) is 31.1 cm³/mol. The third kappa shape index (κ3) is 1.67. The molecule has 0 amide bonds. The van der Waals surface area contributed by atoms with Crippen LogP contribution in [-0.4, -0.2) is 24.2 Å². The van der Waals surface area contributed by atoms with Crippen LogP contribution in [0, 0.1) is 0 Å². The third-order valence-electron chi connectivity index (χ3n) is 1.58. The van der Waals surface area contributed by atoms with Crippen molar-refractivity contribution in [3.05, 3.63) is 0 Å². The highest BCUT2D eigenvalue weighted by molar-refractivity contribution is 5.00. The molecule has 0 N–H and O–H groups in total. The average molecular weight is 194 g/mol. The van der Waals surface area contributed by atoms with Gasteiger partial charge in [-0.1, -0.05) is 0 Å². The van der Waals surface area contributed by atoms with Gasteiger partial charge in [0.05, 0.1) is 0 Å². The van der Waals surface area contributed by atoms with Crippen molar-refractivity contribution in [3.63, 3.8) is 0 Å². The fourth-order valence-electron chi connectivity index (χ4n) is 0.572. The van der Waals surface area contributed by atoms with Crippen LogP contribution in [-0.2, 0) is 0 Å². The van der Waals surface area contributed by atoms with Crippen molar-refractivity contribution in [1.29, 1.82) is 0 Å². The zero-order valence-electron chi connectivity index (χ0n) is 6.47. The van der Waals surface area contributed by atoms with Gasteiger partial charge in [0.15, 0.2) is 5.67 Å². The van der Waals surface area contributed by atoms with Crippen LogP contribution in [0.2, 0.25) is 0 Å². The minimum Gasteiger partial charge on any atom is -0.247 e. The molecule has 74 valence electrons. The summed E-state index contributed by atoms with van der Waals surface area (Å²) in [6.45, 7) is -1.72. The lowest BCUT2D eigenvalue weighted by atomic mass is 9.90. The maximum absolute atomic E-state index is 12.7. The number of hydrogen-bond acceptors (Lipinski definition) is 0. The Morgan fingerprint density at radius 1 is 0.917 bits per heavy atom. The van der Waals surface area contributed by atoms with Crippen LogP contribution in [0.4, 0.5) is 26.3 Å². The lowest BCUT2D eigenvalue weighted by molar-refractivity contribution is -0.271. The maximum Gasteiger partial charge on any atom is 0.428 e. The molecule has 0 aliphatic rings. The molecule has 0 nitrogen and oxygen atoms in total. The van der Waals surface area contributed by atoms with Crippen LogP contribution in [0.1, 0.15) is 13.8 Å². The van der Waals surface area contributed by atoms with Gasteiger partial charge >= 0.3 is 6.18 Å². The standard InChI is InChI=1S/C6H8F6/c1-4(2,8)5(9,3-7)6(10,11)12/h3H2,1-2H3. The number of halogens is 6. The van der Waals surface area contributed by atoms with Crippen molar-refractivity contribution in [1.82, 2.24) is 0 Å². The van der Waals surface area contributed by atoms with Crippen molar-refractivity contribution in [3.8, 4) is 0 Å². The van der Waals surface area contributed by atoms with E-state index in [2.05, 4.69) is 0 Å². The van der Waals surface area contributed by atoms with Gasteiger partial charge in [-0.2, -0.15) is 13.2 Å². The fraction of sp³-hybridized carbons (Fsp3) is 1.00. The second-order valence-corrected chi connectivity index (χ2v) is 2.91. The molecule has 0 rings (SSSR count). The quantitative estimate of drug-likeness (QED) is 0.593. The van der Waals surface area contributed by atoms with Crippen LogP contribution in [0.25, 0.3) is 0 Å². The number of hydrogen-bond donors (Lipinski definition) is 0. The SMILES string of the molecule is CC(C)(F)C(F)(CF)C(F)(F)F. The fourth-order valence-corrected chi connectivity index (χ4v) is 0.572. The van der Waals surface area contributed by atoms with Gasteiger partial charge in [-0.3, -0.25) is 0 Å². The van der Waals surface area contributed by atoms with Gasteiger partial charge in [0.25, 0.3) is 5.67 Å². The molecule has 0 radical (unpaired) electrons. The van der Waals surface area contributed by atoms with Gasteiger partial charge in [-0.25, -0.2) is 13.2 Å². The highest BCUT2D eigenvalue weighted by atomic mass is 19.4. The molecule has 0 aliphatic heterocycles. The summed E-state index contributed by atoms with van der Waals surface area (Å²) in [5, 5.41) is 0. The first kappa shape index (κ1) is 11.6. The molecule has 0 bridgehead atoms. The monoisotopic (exact) mass is 194 g/mol. The van der Waals surface area contributed by atoms with Crippen LogP contribution < -0.4 is 0 Å². The smallest absolute Gasteiger partial charge is 0.247 e. The van der Waals surface area contributed by atoms with E-state index in [1.54, 1.807) is 0 Å². The van der Waals surface area contributed by atoms with Crippen molar-refractivity contribution in [2.75, 3.05) is 6.67 Å². The first-order valence-electron chi connectivity index (χ1n) is 3.07. The summed E-state index contributed by atoms with van der Waals surface area (Å²) in [5.41, 5.74) is -7.69. The molecular formula is C6H8F6. The van der Waals surface area contributed by atoms with Gasteiger partial charge < -0.3 is 0 Å². The number of rotatable bonds is 2. The average Bonchev–Trinajstić information content (AvgIpc) is 1.81. The molecule has 0 aromatic rings. The van der Waals surface area contributed by atoms with Gasteiger partial charge in [0.2, 0.25) is 0 Å². The zero-order chi connectivity index (χ0) is 10.2. The Labute approximate surface area is 65.6 Å². The second kappa shape index (κ2) is 2.81. The molecular weight excluding hydrogens is 186 g/mol. The summed E-state index contributed by atoms with van der Waals surface area (Å²) in [6.07, 6.45) is -5.53. The molecule has 12 heavy (non-hydrogen) atoms. The molecule has 1 unspecified atom stereocenters.